The van der Waals surface area contributed by atoms with Crippen LogP contribution in [0.1, 0.15) is 22.0 Å². The summed E-state index contributed by atoms with van der Waals surface area (Å²) >= 11 is 1.31. The first-order valence-electron chi connectivity index (χ1n) is 7.40. The predicted molar refractivity (Wildman–Crippen MR) is 87.8 cm³/mol. The second-order valence-corrected chi connectivity index (χ2v) is 6.46. The fourth-order valence-electron chi connectivity index (χ4n) is 2.92. The van der Waals surface area contributed by atoms with Crippen molar-refractivity contribution in [3.63, 3.8) is 0 Å². The molecule has 126 valence electrons. The molecule has 2 N–H and O–H groups in total. The Morgan fingerprint density at radius 3 is 2.62 bits per heavy atom. The van der Waals surface area contributed by atoms with E-state index in [1.807, 2.05) is 0 Å². The van der Waals surface area contributed by atoms with E-state index in [0.29, 0.717) is 16.4 Å². The maximum absolute atomic E-state index is 13.1. The van der Waals surface area contributed by atoms with Gasteiger partial charge in [-0.15, -0.1) is 11.3 Å². The topological polar surface area (TPSA) is 82.5 Å². The van der Waals surface area contributed by atoms with Gasteiger partial charge in [0.25, 0.3) is 5.91 Å². The van der Waals surface area contributed by atoms with Gasteiger partial charge in [0.1, 0.15) is 11.5 Å². The molecule has 0 aliphatic carbocycles. The molecular formula is C16H16FN3O3S. The number of benzene rings is 1. The van der Waals surface area contributed by atoms with E-state index in [0.717, 1.165) is 0 Å². The van der Waals surface area contributed by atoms with E-state index in [2.05, 4.69) is 10.3 Å². The number of amides is 1. The lowest BCUT2D eigenvalue weighted by Crippen LogP contribution is -2.30. The molecule has 0 unspecified atom stereocenters. The minimum Gasteiger partial charge on any atom is -0.481 e. The Morgan fingerprint density at radius 2 is 2.04 bits per heavy atom. The van der Waals surface area contributed by atoms with E-state index < -0.39 is 11.9 Å². The first-order chi connectivity index (χ1) is 11.5. The minimum absolute atomic E-state index is 0.114. The summed E-state index contributed by atoms with van der Waals surface area (Å²) in [4.78, 5) is 29.8. The number of rotatable bonds is 4. The summed E-state index contributed by atoms with van der Waals surface area (Å²) in [6.45, 7) is 0.385. The van der Waals surface area contributed by atoms with E-state index >= 15 is 0 Å². The van der Waals surface area contributed by atoms with E-state index in [1.54, 1.807) is 24.6 Å². The SMILES string of the molecule is CNc1nc(C(=O)N2C[C@H](C(=O)O)[C@@H](c3ccc(F)cc3)C2)cs1. The Morgan fingerprint density at radius 1 is 1.33 bits per heavy atom. The van der Waals surface area contributed by atoms with Gasteiger partial charge >= 0.3 is 5.97 Å². The number of hydrogen-bond donors (Lipinski definition) is 2. The van der Waals surface area contributed by atoms with Crippen molar-refractivity contribution in [2.24, 2.45) is 5.92 Å². The summed E-state index contributed by atoms with van der Waals surface area (Å²) in [5.74, 6) is -2.72. The second-order valence-electron chi connectivity index (χ2n) is 5.60. The fraction of sp³-hybridized carbons (Fsp3) is 0.312. The molecule has 1 fully saturated rings. The number of carboxylic acid groups (broad SMARTS) is 1. The number of aromatic nitrogens is 1. The third-order valence-electron chi connectivity index (χ3n) is 4.16. The normalized spacial score (nSPS) is 20.2. The molecule has 2 aromatic rings. The van der Waals surface area contributed by atoms with Crippen LogP contribution < -0.4 is 5.32 Å². The molecule has 0 saturated carbocycles. The summed E-state index contributed by atoms with van der Waals surface area (Å²) in [5.41, 5.74) is 1.02. The molecule has 1 aromatic heterocycles. The average molecular weight is 349 g/mol. The van der Waals surface area contributed by atoms with Crippen LogP contribution in [0.15, 0.2) is 29.6 Å². The molecule has 8 heteroatoms. The molecule has 1 aliphatic heterocycles. The largest absolute Gasteiger partial charge is 0.481 e. The summed E-state index contributed by atoms with van der Waals surface area (Å²) in [7, 11) is 1.72. The number of aliphatic carboxylic acids is 1. The molecule has 0 radical (unpaired) electrons. The number of hydrogen-bond acceptors (Lipinski definition) is 5. The van der Waals surface area contributed by atoms with Crippen LogP contribution in [0.3, 0.4) is 0 Å². The van der Waals surface area contributed by atoms with Crippen molar-refractivity contribution in [2.45, 2.75) is 5.92 Å². The Kier molecular flexibility index (Phi) is 4.48. The fourth-order valence-corrected chi connectivity index (χ4v) is 3.56. The van der Waals surface area contributed by atoms with Crippen LogP contribution in [0.25, 0.3) is 0 Å². The van der Waals surface area contributed by atoms with Gasteiger partial charge in [0.15, 0.2) is 5.13 Å². The van der Waals surface area contributed by atoms with Crippen LogP contribution in [-0.2, 0) is 4.79 Å². The minimum atomic E-state index is -0.964. The number of nitrogens with one attached hydrogen (secondary N) is 1. The van der Waals surface area contributed by atoms with Crippen LogP contribution in [-0.4, -0.2) is 47.0 Å². The molecule has 1 aromatic carbocycles. The quantitative estimate of drug-likeness (QED) is 0.885. The van der Waals surface area contributed by atoms with Gasteiger partial charge in [-0.1, -0.05) is 12.1 Å². The zero-order valence-electron chi connectivity index (χ0n) is 12.9. The first-order valence-corrected chi connectivity index (χ1v) is 8.28. The highest BCUT2D eigenvalue weighted by molar-refractivity contribution is 7.13. The Balaban J connectivity index is 1.83. The zero-order chi connectivity index (χ0) is 17.3. The lowest BCUT2D eigenvalue weighted by atomic mass is 9.89. The Hall–Kier alpha value is -2.48. The van der Waals surface area contributed by atoms with Gasteiger partial charge in [-0.25, -0.2) is 9.37 Å². The van der Waals surface area contributed by atoms with Gasteiger partial charge in [0, 0.05) is 31.4 Å². The van der Waals surface area contributed by atoms with E-state index in [-0.39, 0.29) is 30.7 Å². The van der Waals surface area contributed by atoms with Crippen LogP contribution in [0.5, 0.6) is 0 Å². The highest BCUT2D eigenvalue weighted by Gasteiger charge is 2.41. The van der Waals surface area contributed by atoms with Crippen molar-refractivity contribution in [1.29, 1.82) is 0 Å². The van der Waals surface area contributed by atoms with Crippen LogP contribution in [0.4, 0.5) is 9.52 Å². The molecule has 0 spiro atoms. The van der Waals surface area contributed by atoms with Gasteiger partial charge < -0.3 is 15.3 Å². The molecule has 1 saturated heterocycles. The zero-order valence-corrected chi connectivity index (χ0v) is 13.7. The lowest BCUT2D eigenvalue weighted by molar-refractivity contribution is -0.141. The molecule has 24 heavy (non-hydrogen) atoms. The number of carbonyl (C=O) groups excluding carboxylic acids is 1. The van der Waals surface area contributed by atoms with E-state index in [4.69, 9.17) is 0 Å². The molecule has 6 nitrogen and oxygen atoms in total. The van der Waals surface area contributed by atoms with Crippen molar-refractivity contribution in [1.82, 2.24) is 9.88 Å². The van der Waals surface area contributed by atoms with Crippen molar-refractivity contribution >= 4 is 28.3 Å². The number of carboxylic acids is 1. The maximum atomic E-state index is 13.1. The summed E-state index contributed by atoms with van der Waals surface area (Å²) in [6.07, 6.45) is 0. The highest BCUT2D eigenvalue weighted by atomic mass is 32.1. The molecule has 1 amide bonds. The van der Waals surface area contributed by atoms with E-state index in [9.17, 15) is 19.1 Å². The molecular weight excluding hydrogens is 333 g/mol. The maximum Gasteiger partial charge on any atom is 0.308 e. The molecule has 0 bridgehead atoms. The molecule has 2 heterocycles. The number of halogens is 1. The lowest BCUT2D eigenvalue weighted by Gasteiger charge is -2.15. The van der Waals surface area contributed by atoms with Gasteiger partial charge in [-0.3, -0.25) is 9.59 Å². The van der Waals surface area contributed by atoms with Crippen molar-refractivity contribution in [2.75, 3.05) is 25.5 Å². The number of thiazole rings is 1. The Bertz CT molecular complexity index is 762. The van der Waals surface area contributed by atoms with Gasteiger partial charge in [0.05, 0.1) is 5.92 Å². The first kappa shape index (κ1) is 16.4. The number of anilines is 1. The van der Waals surface area contributed by atoms with Crippen molar-refractivity contribution in [3.8, 4) is 0 Å². The summed E-state index contributed by atoms with van der Waals surface area (Å²) in [5, 5.41) is 14.6. The second kappa shape index (κ2) is 6.56. The van der Waals surface area contributed by atoms with Crippen LogP contribution in [0, 0.1) is 11.7 Å². The number of nitrogens with zero attached hydrogens (tertiary/aromatic N) is 2. The number of likely N-dealkylation sites (tertiary alicyclic amines) is 1. The van der Waals surface area contributed by atoms with Crippen LogP contribution in [0.2, 0.25) is 0 Å². The van der Waals surface area contributed by atoms with Crippen molar-refractivity contribution < 1.29 is 19.1 Å². The highest BCUT2D eigenvalue weighted by Crippen LogP contribution is 2.34. The van der Waals surface area contributed by atoms with Gasteiger partial charge in [0.2, 0.25) is 0 Å². The van der Waals surface area contributed by atoms with E-state index in [1.165, 1.54) is 28.4 Å². The molecule has 2 atom stereocenters. The monoisotopic (exact) mass is 349 g/mol. The third-order valence-corrected chi connectivity index (χ3v) is 5.02. The number of carbonyl (C=O) groups is 2. The summed E-state index contributed by atoms with van der Waals surface area (Å²) < 4.78 is 13.1. The van der Waals surface area contributed by atoms with Crippen LogP contribution >= 0.6 is 11.3 Å². The average Bonchev–Trinajstić information content (AvgIpc) is 3.22. The molecule has 1 aliphatic rings. The van der Waals surface area contributed by atoms with Gasteiger partial charge in [-0.2, -0.15) is 0 Å². The smallest absolute Gasteiger partial charge is 0.308 e. The third kappa shape index (κ3) is 3.09. The van der Waals surface area contributed by atoms with Gasteiger partial charge in [-0.05, 0) is 17.7 Å². The Labute approximate surface area is 141 Å². The predicted octanol–water partition coefficient (Wildman–Crippen LogP) is 2.26. The summed E-state index contributed by atoms with van der Waals surface area (Å²) in [6, 6.07) is 5.76. The van der Waals surface area contributed by atoms with Crippen molar-refractivity contribution in [3.05, 3.63) is 46.7 Å². The standard InChI is InChI=1S/C16H16FN3O3S/c1-18-16-19-13(8-24-16)14(21)20-6-11(12(7-20)15(22)23)9-2-4-10(17)5-3-9/h2-5,8,11-12H,6-7H2,1H3,(H,18,19)(H,22,23)/t11-,12+/m1/s1. The molecule has 3 rings (SSSR count).